The van der Waals surface area contributed by atoms with Gasteiger partial charge in [0, 0.05) is 0 Å². The van der Waals surface area contributed by atoms with Crippen molar-refractivity contribution in [2.24, 2.45) is 0 Å². The van der Waals surface area contributed by atoms with Crippen LogP contribution in [0.25, 0.3) is 0 Å². The van der Waals surface area contributed by atoms with Gasteiger partial charge in [-0.05, 0) is 25.5 Å². The first-order chi connectivity index (χ1) is 10.2. The van der Waals surface area contributed by atoms with Crippen LogP contribution in [0.4, 0.5) is 10.5 Å². The molecule has 22 heavy (non-hydrogen) atoms. The third-order valence-corrected chi connectivity index (χ3v) is 5.41. The number of carbonyl (C=O) groups is 2. The van der Waals surface area contributed by atoms with Gasteiger partial charge in [-0.1, -0.05) is 18.2 Å². The van der Waals surface area contributed by atoms with Gasteiger partial charge >= 0.3 is 11.9 Å². The molecule has 0 bridgehead atoms. The number of aryl methyl sites for hydroxylation is 1. The smallest absolute Gasteiger partial charge is 0.282 e. The molecule has 1 aromatic rings. The second-order valence-electron chi connectivity index (χ2n) is 5.22. The van der Waals surface area contributed by atoms with Crippen LogP contribution >= 0.6 is 0 Å². The fourth-order valence-electron chi connectivity index (χ4n) is 2.26. The topological polar surface area (TPSA) is 86.6 Å². The maximum absolute atomic E-state index is 12.6. The van der Waals surface area contributed by atoms with Crippen molar-refractivity contribution in [3.8, 4) is 0 Å². The highest BCUT2D eigenvalue weighted by atomic mass is 32.2. The molecule has 3 amide bonds. The van der Waals surface area contributed by atoms with Gasteiger partial charge < -0.3 is 0 Å². The number of nitrogens with one attached hydrogen (secondary N) is 1. The third-order valence-electron chi connectivity index (χ3n) is 3.74. The number of carbonyl (C=O) groups excluding carboxylic acids is 2. The standard InChI is InChI=1S/C14H18N3O4S/c1-9-7-5-6-8-11(9)15-22(20,21)12-10(2)16(3)14(19)17(4)13(12)18/h5-8,12,15H,1-4H3/q+1. The number of para-hydroxylation sites is 1. The Balaban J connectivity index is 2.47. The Bertz CT molecular complexity index is 783. The molecule has 1 unspecified atom stereocenters. The maximum Gasteiger partial charge on any atom is 0.500 e. The molecule has 1 aromatic carbocycles. The van der Waals surface area contributed by atoms with Crippen LogP contribution < -0.4 is 4.72 Å². The average Bonchev–Trinajstić information content (AvgIpc) is 2.45. The van der Waals surface area contributed by atoms with Crippen molar-refractivity contribution in [3.05, 3.63) is 29.8 Å². The zero-order valence-electron chi connectivity index (χ0n) is 12.8. The lowest BCUT2D eigenvalue weighted by Crippen LogP contribution is -2.57. The summed E-state index contributed by atoms with van der Waals surface area (Å²) < 4.78 is 28.8. The van der Waals surface area contributed by atoms with Crippen molar-refractivity contribution in [1.29, 1.82) is 0 Å². The predicted octanol–water partition coefficient (Wildman–Crippen LogP) is 0.801. The highest BCUT2D eigenvalue weighted by Crippen LogP contribution is 2.20. The molecule has 1 heterocycles. The Hall–Kier alpha value is -2.22. The summed E-state index contributed by atoms with van der Waals surface area (Å²) in [6.07, 6.45) is 0. The van der Waals surface area contributed by atoms with Crippen LogP contribution in [0.15, 0.2) is 24.3 Å². The normalized spacial score (nSPS) is 19.6. The number of rotatable bonds is 3. The van der Waals surface area contributed by atoms with Crippen molar-refractivity contribution in [2.45, 2.75) is 19.1 Å². The van der Waals surface area contributed by atoms with Crippen molar-refractivity contribution >= 4 is 33.4 Å². The number of nitrogens with zero attached hydrogens (tertiary/aromatic N) is 2. The first kappa shape index (κ1) is 16.2. The van der Waals surface area contributed by atoms with Gasteiger partial charge in [0.2, 0.25) is 5.25 Å². The largest absolute Gasteiger partial charge is 0.500 e. The Morgan fingerprint density at radius 1 is 1.18 bits per heavy atom. The quantitative estimate of drug-likeness (QED) is 0.833. The number of imide groups is 1. The van der Waals surface area contributed by atoms with Gasteiger partial charge in [-0.25, -0.2) is 13.2 Å². The van der Waals surface area contributed by atoms with Gasteiger partial charge in [0.1, 0.15) is 5.71 Å². The van der Waals surface area contributed by atoms with E-state index in [9.17, 15) is 18.0 Å². The van der Waals surface area contributed by atoms with Crippen LogP contribution in [0.5, 0.6) is 0 Å². The number of urea groups is 1. The highest BCUT2D eigenvalue weighted by Gasteiger charge is 2.50. The second kappa shape index (κ2) is 5.53. The van der Waals surface area contributed by atoms with Gasteiger partial charge in [-0.3, -0.25) is 4.72 Å². The van der Waals surface area contributed by atoms with E-state index in [-0.39, 0.29) is 5.71 Å². The molecule has 0 spiro atoms. The highest BCUT2D eigenvalue weighted by molar-refractivity contribution is 7.94. The van der Waals surface area contributed by atoms with E-state index >= 15 is 0 Å². The van der Waals surface area contributed by atoms with E-state index in [1.807, 2.05) is 0 Å². The Morgan fingerprint density at radius 2 is 1.77 bits per heavy atom. The van der Waals surface area contributed by atoms with E-state index in [0.717, 1.165) is 10.5 Å². The fraction of sp³-hybridized carbons (Fsp3) is 0.357. The van der Waals surface area contributed by atoms with Crippen LogP contribution in [0.3, 0.4) is 0 Å². The lowest BCUT2D eigenvalue weighted by atomic mass is 10.2. The van der Waals surface area contributed by atoms with Gasteiger partial charge in [0.15, 0.2) is 0 Å². The van der Waals surface area contributed by atoms with E-state index in [1.165, 1.54) is 25.6 Å². The number of amides is 3. The summed E-state index contributed by atoms with van der Waals surface area (Å²) in [6, 6.07) is 6.32. The summed E-state index contributed by atoms with van der Waals surface area (Å²) in [4.78, 5) is 24.9. The summed E-state index contributed by atoms with van der Waals surface area (Å²) in [6.45, 7) is 3.23. The van der Waals surface area contributed by atoms with E-state index in [4.69, 9.17) is 0 Å². The monoisotopic (exact) mass is 324 g/mol. The van der Waals surface area contributed by atoms with Crippen molar-refractivity contribution in [3.63, 3.8) is 0 Å². The van der Waals surface area contributed by atoms with E-state index in [0.29, 0.717) is 5.69 Å². The molecular formula is C14H18N3O4S+. The summed E-state index contributed by atoms with van der Waals surface area (Å²) in [5.74, 6) is -0.762. The molecule has 2 rings (SSSR count). The van der Waals surface area contributed by atoms with E-state index in [2.05, 4.69) is 4.72 Å². The van der Waals surface area contributed by atoms with Crippen LogP contribution in [0.1, 0.15) is 12.5 Å². The molecule has 0 fully saturated rings. The zero-order chi connectivity index (χ0) is 16.7. The zero-order valence-corrected chi connectivity index (χ0v) is 13.6. The predicted molar refractivity (Wildman–Crippen MR) is 82.5 cm³/mol. The molecule has 1 N–H and O–H groups in total. The molecular weight excluding hydrogens is 306 g/mol. The Labute approximate surface area is 129 Å². The number of hydrogen-bond acceptors (Lipinski definition) is 4. The fourth-order valence-corrected chi connectivity index (χ4v) is 3.94. The van der Waals surface area contributed by atoms with E-state index < -0.39 is 27.2 Å². The van der Waals surface area contributed by atoms with Crippen molar-refractivity contribution in [1.82, 2.24) is 4.90 Å². The van der Waals surface area contributed by atoms with Crippen LogP contribution in [-0.4, -0.2) is 54.9 Å². The molecule has 0 saturated heterocycles. The van der Waals surface area contributed by atoms with Crippen molar-refractivity contribution < 1.29 is 22.6 Å². The average molecular weight is 324 g/mol. The number of anilines is 1. The summed E-state index contributed by atoms with van der Waals surface area (Å²) in [5.41, 5.74) is 1.32. The lowest BCUT2D eigenvalue weighted by molar-refractivity contribution is -0.405. The minimum Gasteiger partial charge on any atom is -0.282 e. The molecule has 1 aliphatic heterocycles. The molecule has 8 heteroatoms. The number of sulfonamides is 1. The molecule has 1 aliphatic rings. The number of benzene rings is 1. The first-order valence-electron chi connectivity index (χ1n) is 6.62. The first-order valence-corrected chi connectivity index (χ1v) is 8.17. The third kappa shape index (κ3) is 2.61. The molecule has 1 atom stereocenters. The molecule has 0 saturated carbocycles. The van der Waals surface area contributed by atoms with Gasteiger partial charge in [0.05, 0.1) is 19.8 Å². The van der Waals surface area contributed by atoms with Gasteiger partial charge in [-0.15, -0.1) is 0 Å². The van der Waals surface area contributed by atoms with Gasteiger partial charge in [-0.2, -0.15) is 14.3 Å². The summed E-state index contributed by atoms with van der Waals surface area (Å²) in [5, 5.41) is -1.43. The lowest BCUT2D eigenvalue weighted by Gasteiger charge is -2.24. The molecule has 118 valence electrons. The minimum atomic E-state index is -4.02. The van der Waals surface area contributed by atoms with Crippen LogP contribution in [-0.2, 0) is 14.8 Å². The second-order valence-corrected chi connectivity index (χ2v) is 6.99. The van der Waals surface area contributed by atoms with Crippen LogP contribution in [0, 0.1) is 6.92 Å². The van der Waals surface area contributed by atoms with Crippen LogP contribution in [0.2, 0.25) is 0 Å². The van der Waals surface area contributed by atoms with E-state index in [1.54, 1.807) is 31.2 Å². The Kier molecular flexibility index (Phi) is 4.06. The number of hydrogen-bond donors (Lipinski definition) is 1. The SMILES string of the molecule is CC1=[N+](C)C(=O)N(C)C(=O)C1S(=O)(=O)Nc1ccccc1C. The molecule has 0 aromatic heterocycles. The minimum absolute atomic E-state index is 0.175. The Morgan fingerprint density at radius 3 is 2.36 bits per heavy atom. The maximum atomic E-state index is 12.6. The summed E-state index contributed by atoms with van der Waals surface area (Å²) >= 11 is 0. The molecule has 0 aliphatic carbocycles. The van der Waals surface area contributed by atoms with Gasteiger partial charge in [0.25, 0.3) is 10.0 Å². The summed E-state index contributed by atoms with van der Waals surface area (Å²) in [7, 11) is -1.31. The molecule has 7 nitrogen and oxygen atoms in total. The molecule has 0 radical (unpaired) electrons. The van der Waals surface area contributed by atoms with Crippen molar-refractivity contribution in [2.75, 3.05) is 18.8 Å².